The van der Waals surface area contributed by atoms with Crippen LogP contribution in [0.15, 0.2) is 0 Å². The van der Waals surface area contributed by atoms with E-state index in [0.29, 0.717) is 17.6 Å². The average Bonchev–Trinajstić information content (AvgIpc) is 2.26. The topological polar surface area (TPSA) is 80.1 Å². The van der Waals surface area contributed by atoms with Crippen LogP contribution in [0.2, 0.25) is 0 Å². The smallest absolute Gasteiger partial charge is 0.139 e. The van der Waals surface area contributed by atoms with Crippen molar-refractivity contribution in [2.45, 2.75) is 65.7 Å². The molecule has 17 heavy (non-hydrogen) atoms. The first-order valence-corrected chi connectivity index (χ1v) is 6.72. The highest BCUT2D eigenvalue weighted by molar-refractivity contribution is 5.83. The highest BCUT2D eigenvalue weighted by Gasteiger charge is 2.28. The molecule has 0 radical (unpaired) electrons. The van der Waals surface area contributed by atoms with E-state index in [1.165, 1.54) is 12.8 Å². The van der Waals surface area contributed by atoms with Gasteiger partial charge in [-0.1, -0.05) is 40.0 Å². The van der Waals surface area contributed by atoms with Gasteiger partial charge in [-0.15, -0.1) is 0 Å². The Morgan fingerprint density at radius 1 is 1.12 bits per heavy atom. The van der Waals surface area contributed by atoms with Crippen molar-refractivity contribution >= 4 is 5.78 Å². The normalized spacial score (nSPS) is 25.4. The summed E-state index contributed by atoms with van der Waals surface area (Å²) >= 11 is 0. The Balaban J connectivity index is 0. The fraction of sp³-hybridized carbons (Fsp3) is 0.929. The molecule has 0 aliphatic heterocycles. The number of hydrogen-bond acceptors (Lipinski definition) is 1. The lowest BCUT2D eigenvalue weighted by atomic mass is 9.76. The number of carbonyl (C=O) groups excluding carboxylic acids is 1. The highest BCUT2D eigenvalue weighted by atomic mass is 16.1. The van der Waals surface area contributed by atoms with Gasteiger partial charge in [0.15, 0.2) is 0 Å². The van der Waals surface area contributed by atoms with E-state index in [1.54, 1.807) is 0 Å². The Kier molecular flexibility index (Phi) is 10.7. The molecule has 0 spiro atoms. The van der Waals surface area contributed by atoms with E-state index in [4.69, 9.17) is 0 Å². The van der Waals surface area contributed by atoms with Gasteiger partial charge in [0.2, 0.25) is 0 Å². The van der Waals surface area contributed by atoms with Gasteiger partial charge < -0.3 is 11.0 Å². The first kappa shape index (κ1) is 18.9. The van der Waals surface area contributed by atoms with Crippen LogP contribution in [0.25, 0.3) is 0 Å². The van der Waals surface area contributed by atoms with Crippen molar-refractivity contribution in [2.75, 3.05) is 0 Å². The number of carbonyl (C=O) groups is 1. The second-order valence-corrected chi connectivity index (χ2v) is 5.25. The standard InChI is InChI=1S/C14H26O.2H2O/c1-4-6-12(5-2)14(15)13-9-7-11(3)8-10-13;;/h11-13H,4-10H2,1-3H3;2*1H2. The molecule has 3 heteroatoms. The van der Waals surface area contributed by atoms with Gasteiger partial charge in [0.1, 0.15) is 5.78 Å². The lowest BCUT2D eigenvalue weighted by Gasteiger charge is -2.27. The summed E-state index contributed by atoms with van der Waals surface area (Å²) < 4.78 is 0. The number of hydrogen-bond donors (Lipinski definition) is 0. The molecule has 0 aromatic rings. The van der Waals surface area contributed by atoms with E-state index in [0.717, 1.165) is 38.0 Å². The summed E-state index contributed by atoms with van der Waals surface area (Å²) in [4.78, 5) is 12.2. The number of ketones is 1. The summed E-state index contributed by atoms with van der Waals surface area (Å²) in [6, 6.07) is 0. The molecule has 0 bridgehead atoms. The molecule has 104 valence electrons. The summed E-state index contributed by atoms with van der Waals surface area (Å²) in [5.41, 5.74) is 0. The molecular weight excluding hydrogens is 216 g/mol. The maximum atomic E-state index is 12.2. The lowest BCUT2D eigenvalue weighted by Crippen LogP contribution is -2.26. The first-order chi connectivity index (χ1) is 7.19. The molecular formula is C14H30O3. The Morgan fingerprint density at radius 2 is 1.65 bits per heavy atom. The zero-order valence-electron chi connectivity index (χ0n) is 11.6. The van der Waals surface area contributed by atoms with E-state index in [1.807, 2.05) is 0 Å². The fourth-order valence-electron chi connectivity index (χ4n) is 2.77. The minimum Gasteiger partial charge on any atom is -0.412 e. The van der Waals surface area contributed by atoms with Gasteiger partial charge in [-0.2, -0.15) is 0 Å². The Bertz CT molecular complexity index is 196. The molecule has 1 fully saturated rings. The molecule has 4 N–H and O–H groups in total. The fourth-order valence-corrected chi connectivity index (χ4v) is 2.77. The van der Waals surface area contributed by atoms with Crippen LogP contribution < -0.4 is 0 Å². The predicted octanol–water partition coefficient (Wildman–Crippen LogP) is 2.56. The third-order valence-corrected chi connectivity index (χ3v) is 3.95. The van der Waals surface area contributed by atoms with Crippen LogP contribution in [0.3, 0.4) is 0 Å². The van der Waals surface area contributed by atoms with Crippen molar-refractivity contribution < 1.29 is 15.7 Å². The van der Waals surface area contributed by atoms with Crippen LogP contribution in [-0.2, 0) is 4.79 Å². The Morgan fingerprint density at radius 3 is 2.06 bits per heavy atom. The van der Waals surface area contributed by atoms with Crippen molar-refractivity contribution in [3.8, 4) is 0 Å². The molecule has 1 aliphatic rings. The van der Waals surface area contributed by atoms with Gasteiger partial charge in [0.25, 0.3) is 0 Å². The molecule has 1 saturated carbocycles. The molecule has 1 atom stereocenters. The summed E-state index contributed by atoms with van der Waals surface area (Å²) in [5.74, 6) is 2.18. The van der Waals surface area contributed by atoms with E-state index in [2.05, 4.69) is 20.8 Å². The molecule has 0 aromatic heterocycles. The Hall–Kier alpha value is -0.410. The minimum atomic E-state index is 0. The van der Waals surface area contributed by atoms with Crippen molar-refractivity contribution in [2.24, 2.45) is 17.8 Å². The third-order valence-electron chi connectivity index (χ3n) is 3.95. The molecule has 1 aliphatic carbocycles. The predicted molar refractivity (Wildman–Crippen MR) is 72.0 cm³/mol. The van der Waals surface area contributed by atoms with Crippen LogP contribution in [0.1, 0.15) is 65.7 Å². The second kappa shape index (κ2) is 9.60. The van der Waals surface area contributed by atoms with Crippen LogP contribution in [0.4, 0.5) is 0 Å². The van der Waals surface area contributed by atoms with E-state index < -0.39 is 0 Å². The summed E-state index contributed by atoms with van der Waals surface area (Å²) in [6.07, 6.45) is 8.12. The molecule has 0 amide bonds. The van der Waals surface area contributed by atoms with E-state index in [-0.39, 0.29) is 11.0 Å². The quantitative estimate of drug-likeness (QED) is 0.734. The van der Waals surface area contributed by atoms with Gasteiger partial charge in [0, 0.05) is 11.8 Å². The van der Waals surface area contributed by atoms with Gasteiger partial charge in [0.05, 0.1) is 0 Å². The zero-order valence-corrected chi connectivity index (χ0v) is 11.6. The maximum absolute atomic E-state index is 12.2. The largest absolute Gasteiger partial charge is 0.412 e. The SMILES string of the molecule is CCCC(CC)C(=O)C1CCC(C)CC1.O.O. The van der Waals surface area contributed by atoms with Crippen LogP contribution in [-0.4, -0.2) is 16.7 Å². The van der Waals surface area contributed by atoms with E-state index >= 15 is 0 Å². The molecule has 1 unspecified atom stereocenters. The summed E-state index contributed by atoms with van der Waals surface area (Å²) in [5, 5.41) is 0. The van der Waals surface area contributed by atoms with Crippen LogP contribution in [0.5, 0.6) is 0 Å². The maximum Gasteiger partial charge on any atom is 0.139 e. The lowest BCUT2D eigenvalue weighted by molar-refractivity contribution is -0.128. The monoisotopic (exact) mass is 246 g/mol. The third kappa shape index (κ3) is 5.64. The molecule has 0 aromatic carbocycles. The second-order valence-electron chi connectivity index (χ2n) is 5.25. The van der Waals surface area contributed by atoms with Gasteiger partial charge in [-0.05, 0) is 31.6 Å². The number of rotatable bonds is 5. The molecule has 1 rings (SSSR count). The molecule has 0 heterocycles. The summed E-state index contributed by atoms with van der Waals surface area (Å²) in [6.45, 7) is 6.65. The van der Waals surface area contributed by atoms with Crippen molar-refractivity contribution in [3.05, 3.63) is 0 Å². The van der Waals surface area contributed by atoms with E-state index in [9.17, 15) is 4.79 Å². The molecule has 0 saturated heterocycles. The Labute approximate surface area is 106 Å². The van der Waals surface area contributed by atoms with Gasteiger partial charge >= 0.3 is 0 Å². The van der Waals surface area contributed by atoms with Crippen molar-refractivity contribution in [1.29, 1.82) is 0 Å². The van der Waals surface area contributed by atoms with Crippen molar-refractivity contribution in [1.82, 2.24) is 0 Å². The van der Waals surface area contributed by atoms with Gasteiger partial charge in [-0.3, -0.25) is 4.79 Å². The zero-order chi connectivity index (χ0) is 11.3. The van der Waals surface area contributed by atoms with Gasteiger partial charge in [-0.25, -0.2) is 0 Å². The summed E-state index contributed by atoms with van der Waals surface area (Å²) in [7, 11) is 0. The van der Waals surface area contributed by atoms with Crippen molar-refractivity contribution in [3.63, 3.8) is 0 Å². The average molecular weight is 246 g/mol. The number of Topliss-reactive ketones (excluding diaryl/α,β-unsaturated/α-hetero) is 1. The first-order valence-electron chi connectivity index (χ1n) is 6.72. The molecule has 3 nitrogen and oxygen atoms in total. The van der Waals surface area contributed by atoms with Crippen LogP contribution in [0, 0.1) is 17.8 Å². The highest BCUT2D eigenvalue weighted by Crippen LogP contribution is 2.32. The minimum absolute atomic E-state index is 0. The van der Waals surface area contributed by atoms with Crippen LogP contribution >= 0.6 is 0 Å².